The lowest BCUT2D eigenvalue weighted by molar-refractivity contribution is -0.143. The first-order valence-corrected chi connectivity index (χ1v) is 10.5. The van der Waals surface area contributed by atoms with Gasteiger partial charge in [-0.05, 0) is 23.3 Å². The molecule has 1 heterocycles. The van der Waals surface area contributed by atoms with Gasteiger partial charge in [-0.25, -0.2) is 0 Å². The van der Waals surface area contributed by atoms with Gasteiger partial charge in [0.2, 0.25) is 11.8 Å². The summed E-state index contributed by atoms with van der Waals surface area (Å²) in [5, 5.41) is 0. The maximum absolute atomic E-state index is 13.2. The summed E-state index contributed by atoms with van der Waals surface area (Å²) < 4.78 is 11.0. The molecule has 0 aliphatic carbocycles. The van der Waals surface area contributed by atoms with Gasteiger partial charge in [-0.3, -0.25) is 9.59 Å². The highest BCUT2D eigenvalue weighted by Gasteiger charge is 2.22. The number of furan rings is 1. The van der Waals surface area contributed by atoms with Gasteiger partial charge in [0.25, 0.3) is 0 Å². The highest BCUT2D eigenvalue weighted by molar-refractivity contribution is 5.85. The number of carbonyl (C=O) groups excluding carboxylic acids is 2. The molecule has 0 saturated heterocycles. The zero-order valence-electron chi connectivity index (χ0n) is 18.1. The topological polar surface area (TPSA) is 63.0 Å². The fourth-order valence-electron chi connectivity index (χ4n) is 3.22. The summed E-state index contributed by atoms with van der Waals surface area (Å²) in [6.07, 6.45) is 3.19. The van der Waals surface area contributed by atoms with Gasteiger partial charge in [0, 0.05) is 13.1 Å². The SMILES string of the molecule is C=CCN(CC(=O)N(Cc1ccccc1)Cc1ccco1)C(=O)COCc1ccccc1. The molecule has 0 saturated carbocycles. The zero-order chi connectivity index (χ0) is 22.6. The summed E-state index contributed by atoms with van der Waals surface area (Å²) in [5.41, 5.74) is 1.99. The molecule has 0 spiro atoms. The van der Waals surface area contributed by atoms with Crippen molar-refractivity contribution in [2.24, 2.45) is 0 Å². The van der Waals surface area contributed by atoms with Gasteiger partial charge in [0.15, 0.2) is 0 Å². The van der Waals surface area contributed by atoms with Gasteiger partial charge in [-0.2, -0.15) is 0 Å². The number of hydrogen-bond donors (Lipinski definition) is 0. The van der Waals surface area contributed by atoms with Gasteiger partial charge in [0.1, 0.15) is 18.9 Å². The van der Waals surface area contributed by atoms with E-state index in [1.165, 1.54) is 4.90 Å². The summed E-state index contributed by atoms with van der Waals surface area (Å²) in [5.74, 6) is 0.248. The minimum Gasteiger partial charge on any atom is -0.467 e. The van der Waals surface area contributed by atoms with Crippen LogP contribution in [0.15, 0.2) is 96.1 Å². The van der Waals surface area contributed by atoms with E-state index in [9.17, 15) is 9.59 Å². The lowest BCUT2D eigenvalue weighted by Gasteiger charge is -2.27. The number of rotatable bonds is 12. The molecular formula is C26H28N2O4. The second kappa shape index (κ2) is 12.3. The van der Waals surface area contributed by atoms with Crippen LogP contribution in [0.3, 0.4) is 0 Å². The van der Waals surface area contributed by atoms with Crippen LogP contribution in [0.1, 0.15) is 16.9 Å². The van der Waals surface area contributed by atoms with Crippen molar-refractivity contribution in [2.45, 2.75) is 19.7 Å². The molecule has 0 fully saturated rings. The molecule has 0 unspecified atom stereocenters. The highest BCUT2D eigenvalue weighted by Crippen LogP contribution is 2.12. The van der Waals surface area contributed by atoms with Crippen LogP contribution in [0.2, 0.25) is 0 Å². The second-order valence-corrected chi connectivity index (χ2v) is 7.36. The Balaban J connectivity index is 1.62. The van der Waals surface area contributed by atoms with Crippen molar-refractivity contribution < 1.29 is 18.7 Å². The third-order valence-electron chi connectivity index (χ3n) is 4.86. The molecule has 0 radical (unpaired) electrons. The average molecular weight is 433 g/mol. The van der Waals surface area contributed by atoms with Crippen LogP contribution in [0.4, 0.5) is 0 Å². The predicted molar refractivity (Wildman–Crippen MR) is 122 cm³/mol. The number of carbonyl (C=O) groups is 2. The molecule has 32 heavy (non-hydrogen) atoms. The number of benzene rings is 2. The normalized spacial score (nSPS) is 10.5. The van der Waals surface area contributed by atoms with E-state index in [0.29, 0.717) is 25.5 Å². The van der Waals surface area contributed by atoms with E-state index < -0.39 is 0 Å². The van der Waals surface area contributed by atoms with E-state index in [2.05, 4.69) is 6.58 Å². The van der Waals surface area contributed by atoms with Crippen LogP contribution in [-0.4, -0.2) is 41.3 Å². The Bertz CT molecular complexity index is 972. The highest BCUT2D eigenvalue weighted by atomic mass is 16.5. The average Bonchev–Trinajstić information content (AvgIpc) is 3.33. The van der Waals surface area contributed by atoms with Crippen LogP contribution in [0.5, 0.6) is 0 Å². The molecule has 1 aromatic heterocycles. The fraction of sp³-hybridized carbons (Fsp3) is 0.231. The Labute approximate surface area is 188 Å². The molecule has 3 rings (SSSR count). The molecule has 2 aromatic carbocycles. The first kappa shape index (κ1) is 23.0. The molecule has 166 valence electrons. The number of nitrogens with zero attached hydrogens (tertiary/aromatic N) is 2. The Morgan fingerprint density at radius 3 is 2.16 bits per heavy atom. The zero-order valence-corrected chi connectivity index (χ0v) is 18.1. The summed E-state index contributed by atoms with van der Waals surface area (Å²) in [6, 6.07) is 23.0. The van der Waals surface area contributed by atoms with Crippen molar-refractivity contribution in [3.05, 3.63) is 109 Å². The summed E-state index contributed by atoms with van der Waals surface area (Å²) in [4.78, 5) is 29.0. The Kier molecular flexibility index (Phi) is 8.83. The van der Waals surface area contributed by atoms with E-state index in [0.717, 1.165) is 11.1 Å². The minimum absolute atomic E-state index is 0.0624. The van der Waals surface area contributed by atoms with Gasteiger partial charge < -0.3 is 19.0 Å². The monoisotopic (exact) mass is 432 g/mol. The van der Waals surface area contributed by atoms with Crippen molar-refractivity contribution in [1.29, 1.82) is 0 Å². The van der Waals surface area contributed by atoms with Gasteiger partial charge in [0.05, 0.1) is 19.4 Å². The summed E-state index contributed by atoms with van der Waals surface area (Å²) in [6.45, 7) is 4.89. The molecule has 0 N–H and O–H groups in total. The van der Waals surface area contributed by atoms with Crippen molar-refractivity contribution in [2.75, 3.05) is 19.7 Å². The Hall–Kier alpha value is -3.64. The number of ether oxygens (including phenoxy) is 1. The standard InChI is InChI=1S/C26H28N2O4/c1-2-15-27(26(30)21-31-20-23-12-7-4-8-13-23)19-25(29)28(18-24-14-9-16-32-24)17-22-10-5-3-6-11-22/h2-14,16H,1,15,17-21H2. The summed E-state index contributed by atoms with van der Waals surface area (Å²) in [7, 11) is 0. The number of amides is 2. The molecule has 0 bridgehead atoms. The predicted octanol–water partition coefficient (Wildman–Crippen LogP) is 4.04. The fourth-order valence-corrected chi connectivity index (χ4v) is 3.22. The Morgan fingerprint density at radius 2 is 1.53 bits per heavy atom. The minimum atomic E-state index is -0.258. The van der Waals surface area contributed by atoms with Crippen LogP contribution in [0, 0.1) is 0 Å². The lowest BCUT2D eigenvalue weighted by Crippen LogP contribution is -2.43. The quantitative estimate of drug-likeness (QED) is 0.405. The van der Waals surface area contributed by atoms with E-state index in [4.69, 9.17) is 9.15 Å². The van der Waals surface area contributed by atoms with Crippen LogP contribution in [0.25, 0.3) is 0 Å². The van der Waals surface area contributed by atoms with Gasteiger partial charge in [-0.1, -0.05) is 66.7 Å². The van der Waals surface area contributed by atoms with Crippen molar-refractivity contribution in [1.82, 2.24) is 9.80 Å². The smallest absolute Gasteiger partial charge is 0.249 e. The van der Waals surface area contributed by atoms with E-state index in [-0.39, 0.29) is 31.5 Å². The van der Waals surface area contributed by atoms with Crippen LogP contribution in [-0.2, 0) is 34.0 Å². The van der Waals surface area contributed by atoms with Crippen molar-refractivity contribution in [3.63, 3.8) is 0 Å². The number of hydrogen-bond acceptors (Lipinski definition) is 4. The van der Waals surface area contributed by atoms with Crippen LogP contribution < -0.4 is 0 Å². The maximum Gasteiger partial charge on any atom is 0.249 e. The van der Waals surface area contributed by atoms with Crippen molar-refractivity contribution in [3.8, 4) is 0 Å². The van der Waals surface area contributed by atoms with Crippen LogP contribution >= 0.6 is 0 Å². The van der Waals surface area contributed by atoms with E-state index >= 15 is 0 Å². The molecule has 2 amide bonds. The molecule has 6 heteroatoms. The molecule has 3 aromatic rings. The maximum atomic E-state index is 13.2. The molecule has 0 aliphatic heterocycles. The van der Waals surface area contributed by atoms with Crippen molar-refractivity contribution >= 4 is 11.8 Å². The van der Waals surface area contributed by atoms with E-state index in [1.54, 1.807) is 23.3 Å². The summed E-state index contributed by atoms with van der Waals surface area (Å²) >= 11 is 0. The van der Waals surface area contributed by atoms with Gasteiger partial charge in [-0.15, -0.1) is 6.58 Å². The molecule has 0 atom stereocenters. The van der Waals surface area contributed by atoms with E-state index in [1.807, 2.05) is 66.7 Å². The molecule has 0 aliphatic rings. The second-order valence-electron chi connectivity index (χ2n) is 7.36. The Morgan fingerprint density at radius 1 is 0.844 bits per heavy atom. The largest absolute Gasteiger partial charge is 0.467 e. The lowest BCUT2D eigenvalue weighted by atomic mass is 10.2. The third-order valence-corrected chi connectivity index (χ3v) is 4.86. The molecule has 6 nitrogen and oxygen atoms in total. The third kappa shape index (κ3) is 7.25. The van der Waals surface area contributed by atoms with Gasteiger partial charge >= 0.3 is 0 Å². The molecular weight excluding hydrogens is 404 g/mol. The first-order valence-electron chi connectivity index (χ1n) is 10.5. The first-order chi connectivity index (χ1) is 15.7.